The minimum Gasteiger partial charge on any atom is -0.373 e. The van der Waals surface area contributed by atoms with E-state index in [0.717, 1.165) is 11.7 Å². The maximum atomic E-state index is 4.26. The lowest BCUT2D eigenvalue weighted by molar-refractivity contribution is 0.341. The standard InChI is InChI=1S/C14H23N3/c1-11-4-6-12(7-5-11)17(3)13-8-9-16-14(10-13)15-2/h8-12H,4-7H2,1-3H3,(H,15,16). The topological polar surface area (TPSA) is 28.2 Å². The van der Waals surface area contributed by atoms with E-state index in [1.54, 1.807) is 0 Å². The first-order chi connectivity index (χ1) is 8.20. The van der Waals surface area contributed by atoms with Gasteiger partial charge in [-0.05, 0) is 37.7 Å². The Morgan fingerprint density at radius 2 is 2.00 bits per heavy atom. The van der Waals surface area contributed by atoms with Crippen LogP contribution in [0.5, 0.6) is 0 Å². The summed E-state index contributed by atoms with van der Waals surface area (Å²) in [6, 6.07) is 4.91. The number of pyridine rings is 1. The van der Waals surface area contributed by atoms with Gasteiger partial charge < -0.3 is 10.2 Å². The molecule has 0 radical (unpaired) electrons. The molecule has 2 rings (SSSR count). The third-order valence-corrected chi connectivity index (χ3v) is 3.94. The van der Waals surface area contributed by atoms with Crippen molar-refractivity contribution in [3.8, 4) is 0 Å². The third-order valence-electron chi connectivity index (χ3n) is 3.94. The summed E-state index contributed by atoms with van der Waals surface area (Å²) < 4.78 is 0. The lowest BCUT2D eigenvalue weighted by atomic mass is 9.86. The van der Waals surface area contributed by atoms with Crippen molar-refractivity contribution < 1.29 is 0 Å². The molecule has 3 heteroatoms. The highest BCUT2D eigenvalue weighted by atomic mass is 15.1. The Morgan fingerprint density at radius 3 is 2.65 bits per heavy atom. The molecule has 0 saturated heterocycles. The quantitative estimate of drug-likeness (QED) is 0.869. The normalized spacial score (nSPS) is 24.4. The molecular weight excluding hydrogens is 210 g/mol. The van der Waals surface area contributed by atoms with Crippen molar-refractivity contribution in [2.45, 2.75) is 38.6 Å². The van der Waals surface area contributed by atoms with Gasteiger partial charge in [-0.2, -0.15) is 0 Å². The number of rotatable bonds is 3. The molecule has 1 heterocycles. The van der Waals surface area contributed by atoms with Crippen molar-refractivity contribution >= 4 is 11.5 Å². The summed E-state index contributed by atoms with van der Waals surface area (Å²) in [7, 11) is 4.11. The van der Waals surface area contributed by atoms with Crippen molar-refractivity contribution in [1.82, 2.24) is 4.98 Å². The zero-order chi connectivity index (χ0) is 12.3. The predicted molar refractivity (Wildman–Crippen MR) is 73.6 cm³/mol. The molecule has 17 heavy (non-hydrogen) atoms. The summed E-state index contributed by atoms with van der Waals surface area (Å²) in [5, 5.41) is 3.09. The number of hydrogen-bond donors (Lipinski definition) is 1. The van der Waals surface area contributed by atoms with Crippen LogP contribution >= 0.6 is 0 Å². The highest BCUT2D eigenvalue weighted by molar-refractivity contribution is 5.53. The van der Waals surface area contributed by atoms with Crippen molar-refractivity contribution in [1.29, 1.82) is 0 Å². The maximum Gasteiger partial charge on any atom is 0.127 e. The van der Waals surface area contributed by atoms with Crippen LogP contribution in [-0.4, -0.2) is 25.1 Å². The molecular formula is C14H23N3. The van der Waals surface area contributed by atoms with Crippen molar-refractivity contribution in [2.75, 3.05) is 24.3 Å². The molecule has 1 aromatic rings. The average molecular weight is 233 g/mol. The minimum atomic E-state index is 0.693. The van der Waals surface area contributed by atoms with Gasteiger partial charge in [-0.1, -0.05) is 6.92 Å². The second-order valence-electron chi connectivity index (χ2n) is 5.17. The van der Waals surface area contributed by atoms with E-state index in [1.807, 2.05) is 13.2 Å². The first-order valence-electron chi connectivity index (χ1n) is 6.57. The lowest BCUT2D eigenvalue weighted by Gasteiger charge is -2.35. The van der Waals surface area contributed by atoms with E-state index < -0.39 is 0 Å². The average Bonchev–Trinajstić information content (AvgIpc) is 2.39. The summed E-state index contributed by atoms with van der Waals surface area (Å²) in [4.78, 5) is 6.67. The first-order valence-corrected chi connectivity index (χ1v) is 6.57. The Balaban J connectivity index is 2.05. The summed E-state index contributed by atoms with van der Waals surface area (Å²) >= 11 is 0. The van der Waals surface area contributed by atoms with Crippen molar-refractivity contribution in [3.05, 3.63) is 18.3 Å². The molecule has 1 saturated carbocycles. The van der Waals surface area contributed by atoms with E-state index in [1.165, 1.54) is 31.4 Å². The van der Waals surface area contributed by atoms with Gasteiger partial charge in [0.15, 0.2) is 0 Å². The second-order valence-corrected chi connectivity index (χ2v) is 5.17. The van der Waals surface area contributed by atoms with Crippen LogP contribution in [0.3, 0.4) is 0 Å². The first kappa shape index (κ1) is 12.2. The Hall–Kier alpha value is -1.25. The number of hydrogen-bond acceptors (Lipinski definition) is 3. The summed E-state index contributed by atoms with van der Waals surface area (Å²) in [5.74, 6) is 1.85. The van der Waals surface area contributed by atoms with E-state index in [4.69, 9.17) is 0 Å². The largest absolute Gasteiger partial charge is 0.373 e. The minimum absolute atomic E-state index is 0.693. The van der Waals surface area contributed by atoms with Gasteiger partial charge in [0.25, 0.3) is 0 Å². The van der Waals surface area contributed by atoms with Crippen LogP contribution in [-0.2, 0) is 0 Å². The molecule has 0 unspecified atom stereocenters. The summed E-state index contributed by atoms with van der Waals surface area (Å²) in [5.41, 5.74) is 1.27. The Morgan fingerprint density at radius 1 is 1.29 bits per heavy atom. The molecule has 1 N–H and O–H groups in total. The lowest BCUT2D eigenvalue weighted by Crippen LogP contribution is -2.34. The fourth-order valence-electron chi connectivity index (χ4n) is 2.62. The van der Waals surface area contributed by atoms with E-state index in [0.29, 0.717) is 6.04 Å². The Bertz CT molecular complexity index is 356. The van der Waals surface area contributed by atoms with Gasteiger partial charge in [-0.15, -0.1) is 0 Å². The van der Waals surface area contributed by atoms with Crippen LogP contribution in [0.4, 0.5) is 11.5 Å². The van der Waals surface area contributed by atoms with Crippen LogP contribution in [0.25, 0.3) is 0 Å². The van der Waals surface area contributed by atoms with Gasteiger partial charge in [-0.25, -0.2) is 4.98 Å². The fraction of sp³-hybridized carbons (Fsp3) is 0.643. The number of nitrogens with zero attached hydrogens (tertiary/aromatic N) is 2. The molecule has 0 atom stereocenters. The van der Waals surface area contributed by atoms with Crippen LogP contribution < -0.4 is 10.2 Å². The van der Waals surface area contributed by atoms with Crippen LogP contribution in [0.15, 0.2) is 18.3 Å². The van der Waals surface area contributed by atoms with Crippen LogP contribution in [0.2, 0.25) is 0 Å². The van der Waals surface area contributed by atoms with Gasteiger partial charge in [0.05, 0.1) is 0 Å². The maximum absolute atomic E-state index is 4.26. The zero-order valence-corrected chi connectivity index (χ0v) is 11.1. The van der Waals surface area contributed by atoms with Crippen molar-refractivity contribution in [2.24, 2.45) is 5.92 Å². The zero-order valence-electron chi connectivity index (χ0n) is 11.1. The summed E-state index contributed by atoms with van der Waals surface area (Å²) in [6.45, 7) is 2.36. The van der Waals surface area contributed by atoms with Gasteiger partial charge in [0.2, 0.25) is 0 Å². The van der Waals surface area contributed by atoms with Gasteiger partial charge in [-0.3, -0.25) is 0 Å². The predicted octanol–water partition coefficient (Wildman–Crippen LogP) is 3.14. The molecule has 0 aliphatic heterocycles. The van der Waals surface area contributed by atoms with Gasteiger partial charge >= 0.3 is 0 Å². The molecule has 1 aliphatic rings. The molecule has 1 fully saturated rings. The Kier molecular flexibility index (Phi) is 3.87. The molecule has 3 nitrogen and oxygen atoms in total. The molecule has 0 amide bonds. The monoisotopic (exact) mass is 233 g/mol. The second kappa shape index (κ2) is 5.39. The van der Waals surface area contributed by atoms with E-state index in [2.05, 4.69) is 41.3 Å². The Labute approximate surface area is 104 Å². The number of anilines is 2. The molecule has 0 bridgehead atoms. The number of aromatic nitrogens is 1. The molecule has 94 valence electrons. The van der Waals surface area contributed by atoms with E-state index in [-0.39, 0.29) is 0 Å². The van der Waals surface area contributed by atoms with Gasteiger partial charge in [0, 0.05) is 38.1 Å². The highest BCUT2D eigenvalue weighted by Crippen LogP contribution is 2.29. The molecule has 0 aromatic carbocycles. The molecule has 1 aliphatic carbocycles. The van der Waals surface area contributed by atoms with Crippen LogP contribution in [0.1, 0.15) is 32.6 Å². The summed E-state index contributed by atoms with van der Waals surface area (Å²) in [6.07, 6.45) is 7.23. The third kappa shape index (κ3) is 2.90. The number of nitrogens with one attached hydrogen (secondary N) is 1. The molecule has 0 spiro atoms. The highest BCUT2D eigenvalue weighted by Gasteiger charge is 2.21. The van der Waals surface area contributed by atoms with Crippen LogP contribution in [0, 0.1) is 5.92 Å². The smallest absolute Gasteiger partial charge is 0.127 e. The van der Waals surface area contributed by atoms with Gasteiger partial charge in [0.1, 0.15) is 5.82 Å². The van der Waals surface area contributed by atoms with E-state index in [9.17, 15) is 0 Å². The van der Waals surface area contributed by atoms with E-state index >= 15 is 0 Å². The molecule has 1 aromatic heterocycles. The van der Waals surface area contributed by atoms with Crippen molar-refractivity contribution in [3.63, 3.8) is 0 Å². The fourth-order valence-corrected chi connectivity index (χ4v) is 2.62. The SMILES string of the molecule is CNc1cc(N(C)C2CCC(C)CC2)ccn1.